The van der Waals surface area contributed by atoms with Gasteiger partial charge < -0.3 is 10.1 Å². The molecule has 0 aliphatic heterocycles. The molecule has 0 aliphatic rings. The summed E-state index contributed by atoms with van der Waals surface area (Å²) >= 11 is 0. The van der Waals surface area contributed by atoms with Crippen LogP contribution in [-0.4, -0.2) is 27.7 Å². The standard InChI is InChI=1S/C18H22N2O4S/c1-13(16-5-4-6-17(11-16)20-25(3,22)23)19-18(21)15-9-7-14(8-10-15)12-24-2/h4-11,13,20H,12H2,1-3H3,(H,19,21)/t13-/m0/s1. The lowest BCUT2D eigenvalue weighted by Crippen LogP contribution is -2.26. The smallest absolute Gasteiger partial charge is 0.251 e. The number of carbonyl (C=O) groups excluding carboxylic acids is 1. The molecule has 0 aliphatic carbocycles. The maximum atomic E-state index is 12.4. The van der Waals surface area contributed by atoms with Crippen molar-refractivity contribution >= 4 is 21.6 Å². The maximum Gasteiger partial charge on any atom is 0.251 e. The van der Waals surface area contributed by atoms with Gasteiger partial charge in [-0.3, -0.25) is 9.52 Å². The number of benzene rings is 2. The quantitative estimate of drug-likeness (QED) is 0.793. The van der Waals surface area contributed by atoms with Crippen molar-refractivity contribution in [2.24, 2.45) is 0 Å². The first kappa shape index (κ1) is 19.0. The van der Waals surface area contributed by atoms with E-state index in [9.17, 15) is 13.2 Å². The third kappa shape index (κ3) is 5.88. The highest BCUT2D eigenvalue weighted by atomic mass is 32.2. The molecule has 2 aromatic carbocycles. The highest BCUT2D eigenvalue weighted by molar-refractivity contribution is 7.92. The normalized spacial score (nSPS) is 12.4. The summed E-state index contributed by atoms with van der Waals surface area (Å²) in [4.78, 5) is 12.4. The van der Waals surface area contributed by atoms with Crippen LogP contribution >= 0.6 is 0 Å². The van der Waals surface area contributed by atoms with Gasteiger partial charge in [0.25, 0.3) is 5.91 Å². The number of hydrogen-bond acceptors (Lipinski definition) is 4. The molecule has 7 heteroatoms. The third-order valence-electron chi connectivity index (χ3n) is 3.56. The molecule has 6 nitrogen and oxygen atoms in total. The Hall–Kier alpha value is -2.38. The Bertz CT molecular complexity index is 832. The molecule has 0 unspecified atom stereocenters. The van der Waals surface area contributed by atoms with E-state index in [1.54, 1.807) is 37.4 Å². The van der Waals surface area contributed by atoms with Crippen molar-refractivity contribution in [3.63, 3.8) is 0 Å². The maximum absolute atomic E-state index is 12.4. The van der Waals surface area contributed by atoms with E-state index in [0.717, 1.165) is 17.4 Å². The summed E-state index contributed by atoms with van der Waals surface area (Å²) in [5.41, 5.74) is 2.81. The Labute approximate surface area is 148 Å². The minimum absolute atomic E-state index is 0.196. The van der Waals surface area contributed by atoms with Gasteiger partial charge in [-0.2, -0.15) is 0 Å². The molecular formula is C18H22N2O4S. The highest BCUT2D eigenvalue weighted by Crippen LogP contribution is 2.19. The Morgan fingerprint density at radius 3 is 2.44 bits per heavy atom. The Morgan fingerprint density at radius 1 is 1.16 bits per heavy atom. The third-order valence-corrected chi connectivity index (χ3v) is 4.17. The number of carbonyl (C=O) groups is 1. The number of sulfonamides is 1. The molecule has 25 heavy (non-hydrogen) atoms. The van der Waals surface area contributed by atoms with Crippen LogP contribution in [0.4, 0.5) is 5.69 Å². The van der Waals surface area contributed by atoms with Gasteiger partial charge in [-0.05, 0) is 42.3 Å². The van der Waals surface area contributed by atoms with E-state index < -0.39 is 10.0 Å². The van der Waals surface area contributed by atoms with Crippen LogP contribution in [0.25, 0.3) is 0 Å². The molecule has 2 aromatic rings. The van der Waals surface area contributed by atoms with Gasteiger partial charge in [0.05, 0.1) is 18.9 Å². The van der Waals surface area contributed by atoms with Crippen LogP contribution in [-0.2, 0) is 21.4 Å². The minimum atomic E-state index is -3.34. The molecule has 1 amide bonds. The van der Waals surface area contributed by atoms with Crippen LogP contribution < -0.4 is 10.0 Å². The average molecular weight is 362 g/mol. The van der Waals surface area contributed by atoms with E-state index in [2.05, 4.69) is 10.0 Å². The molecule has 0 heterocycles. The van der Waals surface area contributed by atoms with E-state index >= 15 is 0 Å². The first-order valence-electron chi connectivity index (χ1n) is 7.75. The van der Waals surface area contributed by atoms with Gasteiger partial charge in [-0.25, -0.2) is 8.42 Å². The Balaban J connectivity index is 2.07. The van der Waals surface area contributed by atoms with Crippen LogP contribution in [0.3, 0.4) is 0 Å². The van der Waals surface area contributed by atoms with Gasteiger partial charge in [0.15, 0.2) is 0 Å². The predicted molar refractivity (Wildman–Crippen MR) is 97.9 cm³/mol. The van der Waals surface area contributed by atoms with Crippen molar-refractivity contribution in [1.29, 1.82) is 0 Å². The minimum Gasteiger partial charge on any atom is -0.380 e. The van der Waals surface area contributed by atoms with Crippen molar-refractivity contribution in [1.82, 2.24) is 5.32 Å². The number of methoxy groups -OCH3 is 1. The summed E-state index contributed by atoms with van der Waals surface area (Å²) < 4.78 is 30.1. The fraction of sp³-hybridized carbons (Fsp3) is 0.278. The second-order valence-electron chi connectivity index (χ2n) is 5.82. The van der Waals surface area contributed by atoms with Crippen molar-refractivity contribution in [2.75, 3.05) is 18.1 Å². The van der Waals surface area contributed by atoms with Crippen molar-refractivity contribution in [2.45, 2.75) is 19.6 Å². The number of rotatable bonds is 7. The molecule has 0 aromatic heterocycles. The van der Waals surface area contributed by atoms with Crippen LogP contribution in [0.1, 0.15) is 34.5 Å². The van der Waals surface area contributed by atoms with E-state index in [1.165, 1.54) is 0 Å². The van der Waals surface area contributed by atoms with Crippen LogP contribution in [0.15, 0.2) is 48.5 Å². The Kier molecular flexibility index (Phi) is 6.17. The zero-order valence-electron chi connectivity index (χ0n) is 14.4. The molecule has 1 atom stereocenters. The van der Waals surface area contributed by atoms with Crippen molar-refractivity contribution < 1.29 is 17.9 Å². The predicted octanol–water partition coefficient (Wildman–Crippen LogP) is 2.70. The van der Waals surface area contributed by atoms with Gasteiger partial charge in [0.2, 0.25) is 10.0 Å². The summed E-state index contributed by atoms with van der Waals surface area (Å²) in [5, 5.41) is 2.91. The number of ether oxygens (including phenoxy) is 1. The number of anilines is 1. The number of hydrogen-bond donors (Lipinski definition) is 2. The lowest BCUT2D eigenvalue weighted by molar-refractivity contribution is 0.0939. The highest BCUT2D eigenvalue weighted by Gasteiger charge is 2.12. The van der Waals surface area contributed by atoms with Gasteiger partial charge in [-0.15, -0.1) is 0 Å². The molecule has 0 saturated heterocycles. The number of nitrogens with one attached hydrogen (secondary N) is 2. The van der Waals surface area contributed by atoms with E-state index in [4.69, 9.17) is 4.74 Å². The summed E-state index contributed by atoms with van der Waals surface area (Å²) in [7, 11) is -1.72. The van der Waals surface area contributed by atoms with Crippen molar-refractivity contribution in [3.8, 4) is 0 Å². The molecule has 2 rings (SSSR count). The van der Waals surface area contributed by atoms with E-state index in [0.29, 0.717) is 17.9 Å². The second kappa shape index (κ2) is 8.13. The fourth-order valence-electron chi connectivity index (χ4n) is 2.37. The lowest BCUT2D eigenvalue weighted by Gasteiger charge is -2.16. The van der Waals surface area contributed by atoms with E-state index in [-0.39, 0.29) is 11.9 Å². The first-order chi connectivity index (χ1) is 11.8. The molecule has 134 valence electrons. The van der Waals surface area contributed by atoms with Gasteiger partial charge in [-0.1, -0.05) is 24.3 Å². The average Bonchev–Trinajstić information content (AvgIpc) is 2.54. The topological polar surface area (TPSA) is 84.5 Å². The zero-order chi connectivity index (χ0) is 18.4. The molecule has 0 radical (unpaired) electrons. The van der Waals surface area contributed by atoms with Gasteiger partial charge in [0, 0.05) is 18.4 Å². The Morgan fingerprint density at radius 2 is 1.84 bits per heavy atom. The summed E-state index contributed by atoms with van der Waals surface area (Å²) in [6.45, 7) is 2.34. The van der Waals surface area contributed by atoms with Gasteiger partial charge >= 0.3 is 0 Å². The second-order valence-corrected chi connectivity index (χ2v) is 7.57. The monoisotopic (exact) mass is 362 g/mol. The van der Waals surface area contributed by atoms with Crippen LogP contribution in [0.2, 0.25) is 0 Å². The number of amides is 1. The molecular weight excluding hydrogens is 340 g/mol. The van der Waals surface area contributed by atoms with Crippen LogP contribution in [0.5, 0.6) is 0 Å². The first-order valence-corrected chi connectivity index (χ1v) is 9.64. The molecule has 0 fully saturated rings. The molecule has 0 spiro atoms. The lowest BCUT2D eigenvalue weighted by atomic mass is 10.1. The van der Waals surface area contributed by atoms with Gasteiger partial charge in [0.1, 0.15) is 0 Å². The molecule has 0 saturated carbocycles. The molecule has 2 N–H and O–H groups in total. The summed E-state index contributed by atoms with van der Waals surface area (Å²) in [5.74, 6) is -0.196. The van der Waals surface area contributed by atoms with Crippen molar-refractivity contribution in [3.05, 3.63) is 65.2 Å². The summed E-state index contributed by atoms with van der Waals surface area (Å²) in [6.07, 6.45) is 1.10. The zero-order valence-corrected chi connectivity index (χ0v) is 15.3. The largest absolute Gasteiger partial charge is 0.380 e. The fourth-order valence-corrected chi connectivity index (χ4v) is 2.92. The van der Waals surface area contributed by atoms with E-state index in [1.807, 2.05) is 25.1 Å². The van der Waals surface area contributed by atoms with Crippen LogP contribution in [0, 0.1) is 0 Å². The molecule has 0 bridgehead atoms. The summed E-state index contributed by atoms with van der Waals surface area (Å²) in [6, 6.07) is 13.9. The SMILES string of the molecule is COCc1ccc(C(=O)N[C@@H](C)c2cccc(NS(C)(=O)=O)c2)cc1.